The fourth-order valence-electron chi connectivity index (χ4n) is 2.13. The summed E-state index contributed by atoms with van der Waals surface area (Å²) in [5.74, 6) is 0.155. The Bertz CT molecular complexity index is 861. The maximum Gasteiger partial charge on any atom is 0.433 e. The van der Waals surface area contributed by atoms with Gasteiger partial charge in [-0.1, -0.05) is 0 Å². The fourth-order valence-corrected chi connectivity index (χ4v) is 2.62. The second kappa shape index (κ2) is 5.99. The Morgan fingerprint density at radius 3 is 2.65 bits per heavy atom. The summed E-state index contributed by atoms with van der Waals surface area (Å²) in [6.45, 7) is 0.123. The highest BCUT2D eigenvalue weighted by molar-refractivity contribution is 14.1. The Kier molecular flexibility index (Phi) is 4.17. The van der Waals surface area contributed by atoms with Crippen LogP contribution in [0.2, 0.25) is 0 Å². The number of aryl methyl sites for hydroxylation is 1. The molecule has 23 heavy (non-hydrogen) atoms. The monoisotopic (exact) mass is 433 g/mol. The molecule has 8 heteroatoms. The first-order chi connectivity index (χ1) is 10.8. The molecular formula is C15H11F3IN3O. The molecule has 1 aromatic carbocycles. The van der Waals surface area contributed by atoms with Crippen molar-refractivity contribution in [2.45, 2.75) is 12.8 Å². The quantitative estimate of drug-likeness (QED) is 0.583. The number of benzene rings is 1. The van der Waals surface area contributed by atoms with Crippen LogP contribution in [0.3, 0.4) is 0 Å². The maximum atomic E-state index is 13.0. The summed E-state index contributed by atoms with van der Waals surface area (Å²) >= 11 is 2.09. The summed E-state index contributed by atoms with van der Waals surface area (Å²) in [6.07, 6.45) is -2.92. The highest BCUT2D eigenvalue weighted by Gasteiger charge is 2.33. The average Bonchev–Trinajstić information content (AvgIpc) is 2.89. The van der Waals surface area contributed by atoms with Crippen molar-refractivity contribution in [3.05, 3.63) is 51.5 Å². The van der Waals surface area contributed by atoms with E-state index in [-0.39, 0.29) is 17.9 Å². The van der Waals surface area contributed by atoms with Gasteiger partial charge in [0.15, 0.2) is 0 Å². The van der Waals surface area contributed by atoms with Gasteiger partial charge in [0.1, 0.15) is 18.1 Å². The molecule has 120 valence electrons. The first kappa shape index (κ1) is 16.0. The summed E-state index contributed by atoms with van der Waals surface area (Å²) < 4.78 is 47.2. The van der Waals surface area contributed by atoms with E-state index < -0.39 is 11.9 Å². The molecule has 0 aliphatic rings. The third kappa shape index (κ3) is 3.41. The molecule has 0 aliphatic heterocycles. The topological polar surface area (TPSA) is 39.9 Å². The highest BCUT2D eigenvalue weighted by Crippen LogP contribution is 2.35. The van der Waals surface area contributed by atoms with Gasteiger partial charge in [0.2, 0.25) is 0 Å². The van der Waals surface area contributed by atoms with Crippen LogP contribution >= 0.6 is 22.6 Å². The van der Waals surface area contributed by atoms with Gasteiger partial charge in [-0.2, -0.15) is 18.3 Å². The molecule has 0 aliphatic carbocycles. The standard InChI is InChI=1S/C15H11F3IN3O/c1-22-10(4-5-20-22)8-23-13-7-14(15(16,17)18)21-12-3-2-9(19)6-11(12)13/h2-7H,8H2,1H3. The summed E-state index contributed by atoms with van der Waals surface area (Å²) in [6, 6.07) is 7.71. The third-order valence-corrected chi connectivity index (χ3v) is 3.99. The van der Waals surface area contributed by atoms with Crippen LogP contribution in [0.15, 0.2) is 36.5 Å². The van der Waals surface area contributed by atoms with Crippen molar-refractivity contribution in [1.29, 1.82) is 0 Å². The zero-order valence-electron chi connectivity index (χ0n) is 11.9. The number of halogens is 4. The third-order valence-electron chi connectivity index (χ3n) is 3.32. The van der Waals surface area contributed by atoms with Crippen molar-refractivity contribution >= 4 is 33.5 Å². The second-order valence-corrected chi connectivity index (χ2v) is 6.15. The molecule has 4 nitrogen and oxygen atoms in total. The van der Waals surface area contributed by atoms with E-state index in [0.29, 0.717) is 5.39 Å². The van der Waals surface area contributed by atoms with Crippen LogP contribution in [0.5, 0.6) is 5.75 Å². The first-order valence-corrected chi connectivity index (χ1v) is 7.69. The maximum absolute atomic E-state index is 13.0. The Hall–Kier alpha value is -1.84. The van der Waals surface area contributed by atoms with Gasteiger partial charge < -0.3 is 4.74 Å². The molecule has 0 bridgehead atoms. The number of aromatic nitrogens is 3. The molecule has 0 unspecified atom stereocenters. The molecule has 3 rings (SSSR count). The van der Waals surface area contributed by atoms with Crippen LogP contribution in [0, 0.1) is 3.57 Å². The molecule has 0 radical (unpaired) electrons. The molecule has 0 saturated carbocycles. The van der Waals surface area contributed by atoms with Gasteiger partial charge in [-0.25, -0.2) is 4.98 Å². The Labute approximate surface area is 143 Å². The van der Waals surface area contributed by atoms with Crippen LogP contribution in [0.25, 0.3) is 10.9 Å². The lowest BCUT2D eigenvalue weighted by Gasteiger charge is -2.13. The lowest BCUT2D eigenvalue weighted by Crippen LogP contribution is -2.09. The number of nitrogens with zero attached hydrogens (tertiary/aromatic N) is 3. The number of rotatable bonds is 3. The molecule has 0 atom stereocenters. The molecule has 2 heterocycles. The molecule has 0 amide bonds. The molecular weight excluding hydrogens is 422 g/mol. The van der Waals surface area contributed by atoms with E-state index in [2.05, 4.69) is 32.7 Å². The van der Waals surface area contributed by atoms with Crippen LogP contribution < -0.4 is 4.74 Å². The van der Waals surface area contributed by atoms with E-state index in [1.165, 1.54) is 0 Å². The van der Waals surface area contributed by atoms with E-state index in [1.807, 2.05) is 0 Å². The van der Waals surface area contributed by atoms with E-state index >= 15 is 0 Å². The van der Waals surface area contributed by atoms with E-state index in [9.17, 15) is 13.2 Å². The smallest absolute Gasteiger partial charge is 0.433 e. The highest BCUT2D eigenvalue weighted by atomic mass is 127. The molecule has 0 saturated heterocycles. The van der Waals surface area contributed by atoms with Gasteiger partial charge in [0.25, 0.3) is 0 Å². The van der Waals surface area contributed by atoms with Crippen molar-refractivity contribution in [3.8, 4) is 5.75 Å². The van der Waals surface area contributed by atoms with Crippen molar-refractivity contribution in [2.24, 2.45) is 7.05 Å². The van der Waals surface area contributed by atoms with Crippen LogP contribution in [0.1, 0.15) is 11.4 Å². The number of fused-ring (bicyclic) bond motifs is 1. The Balaban J connectivity index is 2.05. The lowest BCUT2D eigenvalue weighted by atomic mass is 10.2. The minimum absolute atomic E-state index is 0.123. The van der Waals surface area contributed by atoms with Gasteiger partial charge >= 0.3 is 6.18 Å². The number of hydrogen-bond donors (Lipinski definition) is 0. The van der Waals surface area contributed by atoms with Crippen molar-refractivity contribution in [3.63, 3.8) is 0 Å². The van der Waals surface area contributed by atoms with Gasteiger partial charge in [-0.05, 0) is 46.9 Å². The van der Waals surface area contributed by atoms with E-state index in [1.54, 1.807) is 42.2 Å². The number of alkyl halides is 3. The Morgan fingerprint density at radius 1 is 1.22 bits per heavy atom. The van der Waals surface area contributed by atoms with E-state index in [0.717, 1.165) is 15.3 Å². The number of ether oxygens (including phenoxy) is 1. The second-order valence-electron chi connectivity index (χ2n) is 4.90. The van der Waals surface area contributed by atoms with Crippen LogP contribution in [0.4, 0.5) is 13.2 Å². The lowest BCUT2D eigenvalue weighted by molar-refractivity contribution is -0.141. The molecule has 0 spiro atoms. The van der Waals surface area contributed by atoms with Gasteiger partial charge in [-0.3, -0.25) is 4.68 Å². The van der Waals surface area contributed by atoms with Gasteiger partial charge in [-0.15, -0.1) is 0 Å². The summed E-state index contributed by atoms with van der Waals surface area (Å²) in [5, 5.41) is 4.55. The van der Waals surface area contributed by atoms with Crippen LogP contribution in [-0.2, 0) is 19.8 Å². The SMILES string of the molecule is Cn1nccc1COc1cc(C(F)(F)F)nc2ccc(I)cc12. The van der Waals surface area contributed by atoms with Gasteiger partial charge in [0, 0.05) is 28.3 Å². The molecule has 3 aromatic rings. The van der Waals surface area contributed by atoms with Crippen LogP contribution in [-0.4, -0.2) is 14.8 Å². The largest absolute Gasteiger partial charge is 0.487 e. The summed E-state index contributed by atoms with van der Waals surface area (Å²) in [7, 11) is 1.74. The molecule has 0 fully saturated rings. The minimum Gasteiger partial charge on any atom is -0.487 e. The zero-order valence-corrected chi connectivity index (χ0v) is 14.1. The summed E-state index contributed by atoms with van der Waals surface area (Å²) in [4.78, 5) is 3.68. The predicted octanol–water partition coefficient (Wildman–Crippen LogP) is 4.17. The van der Waals surface area contributed by atoms with Gasteiger partial charge in [0.05, 0.1) is 11.2 Å². The normalized spacial score (nSPS) is 11.9. The average molecular weight is 433 g/mol. The van der Waals surface area contributed by atoms with Crippen molar-refractivity contribution < 1.29 is 17.9 Å². The first-order valence-electron chi connectivity index (χ1n) is 6.62. The number of pyridine rings is 1. The van der Waals surface area contributed by atoms with Crippen molar-refractivity contribution in [1.82, 2.24) is 14.8 Å². The summed E-state index contributed by atoms with van der Waals surface area (Å²) in [5.41, 5.74) is 0.0422. The zero-order chi connectivity index (χ0) is 16.6. The fraction of sp³-hybridized carbons (Fsp3) is 0.200. The molecule has 0 N–H and O–H groups in total. The van der Waals surface area contributed by atoms with E-state index in [4.69, 9.17) is 4.74 Å². The minimum atomic E-state index is -4.53. The number of hydrogen-bond acceptors (Lipinski definition) is 3. The van der Waals surface area contributed by atoms with Crippen molar-refractivity contribution in [2.75, 3.05) is 0 Å². The Morgan fingerprint density at radius 2 is 2.00 bits per heavy atom. The molecule has 2 aromatic heterocycles. The predicted molar refractivity (Wildman–Crippen MR) is 87.0 cm³/mol.